The van der Waals surface area contributed by atoms with Crippen LogP contribution in [0.25, 0.3) is 0 Å². The highest BCUT2D eigenvalue weighted by atomic mass is 16.7. The number of unbranched alkanes of at least 4 members (excludes halogenated alkanes) is 1. The Hall–Kier alpha value is -1.63. The Bertz CT molecular complexity index is 568. The molecule has 0 saturated carbocycles. The van der Waals surface area contributed by atoms with Crippen molar-refractivity contribution in [1.82, 2.24) is 4.90 Å². The summed E-state index contributed by atoms with van der Waals surface area (Å²) in [6.07, 6.45) is 6.61. The summed E-state index contributed by atoms with van der Waals surface area (Å²) >= 11 is 0. The van der Waals surface area contributed by atoms with Crippen LogP contribution in [0.5, 0.6) is 0 Å². The number of ether oxygens (including phenoxy) is 3. The average Bonchev–Trinajstić information content (AvgIpc) is 2.76. The van der Waals surface area contributed by atoms with Crippen molar-refractivity contribution in [2.24, 2.45) is 5.92 Å². The molecule has 1 saturated heterocycles. The normalized spacial score (nSPS) is 21.9. The van der Waals surface area contributed by atoms with Gasteiger partial charge in [-0.1, -0.05) is 50.1 Å². The van der Waals surface area contributed by atoms with Crippen LogP contribution in [0.2, 0.25) is 0 Å². The molecule has 3 atom stereocenters. The van der Waals surface area contributed by atoms with E-state index >= 15 is 0 Å². The molecule has 0 radical (unpaired) electrons. The van der Waals surface area contributed by atoms with Crippen LogP contribution in [0, 0.1) is 5.92 Å². The lowest BCUT2D eigenvalue weighted by atomic mass is 9.80. The van der Waals surface area contributed by atoms with E-state index in [1.54, 1.807) is 7.11 Å². The van der Waals surface area contributed by atoms with E-state index in [2.05, 4.69) is 6.92 Å². The highest BCUT2D eigenvalue weighted by Gasteiger charge is 2.40. The van der Waals surface area contributed by atoms with Gasteiger partial charge in [-0.05, 0) is 43.6 Å². The highest BCUT2D eigenvalue weighted by molar-refractivity contribution is 5.68. The van der Waals surface area contributed by atoms with Crippen LogP contribution in [0.15, 0.2) is 30.3 Å². The van der Waals surface area contributed by atoms with E-state index < -0.39 is 0 Å². The smallest absolute Gasteiger partial charge is 0.410 e. The van der Waals surface area contributed by atoms with E-state index in [0.717, 1.165) is 50.5 Å². The first kappa shape index (κ1) is 23.6. The maximum absolute atomic E-state index is 13.0. The zero-order chi connectivity index (χ0) is 20.9. The summed E-state index contributed by atoms with van der Waals surface area (Å²) in [5, 5.41) is 9.93. The van der Waals surface area contributed by atoms with Crippen molar-refractivity contribution in [1.29, 1.82) is 0 Å². The van der Waals surface area contributed by atoms with Crippen molar-refractivity contribution in [3.05, 3.63) is 35.9 Å². The van der Waals surface area contributed by atoms with Crippen LogP contribution in [0.4, 0.5) is 4.79 Å². The number of nitrogens with zero attached hydrogens (tertiary/aromatic N) is 1. The van der Waals surface area contributed by atoms with Crippen molar-refractivity contribution >= 4 is 6.09 Å². The number of aliphatic hydroxyl groups is 1. The van der Waals surface area contributed by atoms with Gasteiger partial charge in [0.15, 0.2) is 0 Å². The molecule has 1 fully saturated rings. The molecule has 2 rings (SSSR count). The van der Waals surface area contributed by atoms with E-state index in [-0.39, 0.29) is 38.2 Å². The molecule has 6 nitrogen and oxygen atoms in total. The first-order valence-electron chi connectivity index (χ1n) is 10.9. The van der Waals surface area contributed by atoms with Crippen LogP contribution in [0.3, 0.4) is 0 Å². The lowest BCUT2D eigenvalue weighted by Gasteiger charge is -2.45. The van der Waals surface area contributed by atoms with Crippen LogP contribution in [0.1, 0.15) is 57.4 Å². The zero-order valence-corrected chi connectivity index (χ0v) is 17.9. The second kappa shape index (κ2) is 13.6. The quantitative estimate of drug-likeness (QED) is 0.412. The Labute approximate surface area is 175 Å². The Morgan fingerprint density at radius 1 is 1.17 bits per heavy atom. The minimum atomic E-state index is -0.322. The second-order valence-electron chi connectivity index (χ2n) is 7.79. The van der Waals surface area contributed by atoms with Gasteiger partial charge in [-0.15, -0.1) is 0 Å². The third-order valence-electron chi connectivity index (χ3n) is 5.71. The number of carbonyl (C=O) groups excluding carboxylic acids is 1. The van der Waals surface area contributed by atoms with Crippen molar-refractivity contribution in [2.45, 2.75) is 70.6 Å². The molecule has 0 aliphatic carbocycles. The summed E-state index contributed by atoms with van der Waals surface area (Å²) in [7, 11) is 1.61. The predicted molar refractivity (Wildman–Crippen MR) is 112 cm³/mol. The molecule has 1 aromatic carbocycles. The SMILES string of the molecule is CCCC[C@H]1CC[C@@H](CO)N(C(=O)OCc2ccccc2)[C@@H]1CCCOCOC. The average molecular weight is 408 g/mol. The number of aliphatic hydroxyl groups excluding tert-OH is 1. The van der Waals surface area contributed by atoms with Gasteiger partial charge in [0, 0.05) is 19.8 Å². The Morgan fingerprint density at radius 3 is 2.66 bits per heavy atom. The van der Waals surface area contributed by atoms with Crippen LogP contribution in [-0.2, 0) is 20.8 Å². The number of hydrogen-bond donors (Lipinski definition) is 1. The molecule has 1 heterocycles. The predicted octanol–water partition coefficient (Wildman–Crippen LogP) is 4.36. The summed E-state index contributed by atoms with van der Waals surface area (Å²) in [5.74, 6) is 0.435. The largest absolute Gasteiger partial charge is 0.445 e. The van der Waals surface area contributed by atoms with Gasteiger partial charge in [0.1, 0.15) is 13.4 Å². The van der Waals surface area contributed by atoms with E-state index in [0.29, 0.717) is 12.5 Å². The van der Waals surface area contributed by atoms with Crippen LogP contribution < -0.4 is 0 Å². The molecular weight excluding hydrogens is 370 g/mol. The minimum absolute atomic E-state index is 0.0301. The summed E-state index contributed by atoms with van der Waals surface area (Å²) in [6.45, 7) is 3.29. The number of carbonyl (C=O) groups is 1. The van der Waals surface area contributed by atoms with Crippen molar-refractivity contribution in [3.63, 3.8) is 0 Å². The van der Waals surface area contributed by atoms with Gasteiger partial charge in [-0.25, -0.2) is 4.79 Å². The lowest BCUT2D eigenvalue weighted by molar-refractivity contribution is -0.0383. The maximum atomic E-state index is 13.0. The monoisotopic (exact) mass is 407 g/mol. The number of hydrogen-bond acceptors (Lipinski definition) is 5. The number of methoxy groups -OCH3 is 1. The summed E-state index contributed by atoms with van der Waals surface area (Å²) in [4.78, 5) is 14.9. The molecule has 1 amide bonds. The third kappa shape index (κ3) is 7.61. The molecule has 6 heteroatoms. The van der Waals surface area contributed by atoms with Crippen molar-refractivity contribution in [3.8, 4) is 0 Å². The molecule has 29 heavy (non-hydrogen) atoms. The molecule has 1 aliphatic rings. The van der Waals surface area contributed by atoms with Gasteiger partial charge in [0.05, 0.1) is 12.6 Å². The third-order valence-corrected chi connectivity index (χ3v) is 5.71. The van der Waals surface area contributed by atoms with Gasteiger partial charge >= 0.3 is 6.09 Å². The minimum Gasteiger partial charge on any atom is -0.445 e. The topological polar surface area (TPSA) is 68.2 Å². The molecule has 0 bridgehead atoms. The first-order valence-corrected chi connectivity index (χ1v) is 10.9. The summed E-state index contributed by atoms with van der Waals surface area (Å²) in [5.41, 5.74) is 0.963. The van der Waals surface area contributed by atoms with E-state index in [1.807, 2.05) is 35.2 Å². The molecule has 1 aliphatic heterocycles. The fourth-order valence-electron chi connectivity index (χ4n) is 4.21. The van der Waals surface area contributed by atoms with E-state index in [4.69, 9.17) is 14.2 Å². The maximum Gasteiger partial charge on any atom is 0.410 e. The fraction of sp³-hybridized carbons (Fsp3) is 0.696. The van der Waals surface area contributed by atoms with Gasteiger partial charge in [0.2, 0.25) is 0 Å². The van der Waals surface area contributed by atoms with Crippen LogP contribution >= 0.6 is 0 Å². The lowest BCUT2D eigenvalue weighted by Crippen LogP contribution is -2.55. The zero-order valence-electron chi connectivity index (χ0n) is 17.9. The summed E-state index contributed by atoms with van der Waals surface area (Å²) < 4.78 is 16.0. The van der Waals surface area contributed by atoms with E-state index in [9.17, 15) is 9.90 Å². The summed E-state index contributed by atoms with van der Waals surface area (Å²) in [6, 6.07) is 9.60. The fourth-order valence-corrected chi connectivity index (χ4v) is 4.21. The molecule has 0 aromatic heterocycles. The van der Waals surface area contributed by atoms with Gasteiger partial charge in [-0.2, -0.15) is 0 Å². The van der Waals surface area contributed by atoms with Gasteiger partial charge in [0.25, 0.3) is 0 Å². The molecular formula is C23H37NO5. The number of likely N-dealkylation sites (tertiary alicyclic amines) is 1. The molecule has 0 unspecified atom stereocenters. The Morgan fingerprint density at radius 2 is 1.97 bits per heavy atom. The second-order valence-corrected chi connectivity index (χ2v) is 7.79. The highest BCUT2D eigenvalue weighted by Crippen LogP contribution is 2.34. The Kier molecular flexibility index (Phi) is 11.1. The van der Waals surface area contributed by atoms with Crippen LogP contribution in [-0.4, -0.2) is 55.3 Å². The molecule has 1 N–H and O–H groups in total. The van der Waals surface area contributed by atoms with Gasteiger partial charge in [-0.3, -0.25) is 4.90 Å². The number of amides is 1. The molecule has 1 aromatic rings. The van der Waals surface area contributed by atoms with Crippen molar-refractivity contribution in [2.75, 3.05) is 27.1 Å². The standard InChI is InChI=1S/C23H37NO5/c1-3-4-11-20-13-14-21(16-25)24(22(20)12-8-15-28-18-27-2)23(26)29-17-19-9-6-5-7-10-19/h5-7,9-10,20-22,25H,3-4,8,11-18H2,1-2H3/t20-,21-,22+/m0/s1. The Balaban J connectivity index is 2.05. The molecule has 0 spiro atoms. The first-order chi connectivity index (χ1) is 14.2. The number of rotatable bonds is 12. The number of piperidine rings is 1. The van der Waals surface area contributed by atoms with E-state index in [1.165, 1.54) is 0 Å². The van der Waals surface area contributed by atoms with Gasteiger partial charge < -0.3 is 19.3 Å². The number of benzene rings is 1. The molecule has 164 valence electrons. The van der Waals surface area contributed by atoms with Crippen molar-refractivity contribution < 1.29 is 24.1 Å².